The summed E-state index contributed by atoms with van der Waals surface area (Å²) >= 11 is 13.5. The number of piperidine rings is 1. The summed E-state index contributed by atoms with van der Waals surface area (Å²) in [5.41, 5.74) is 0.485. The van der Waals surface area contributed by atoms with Gasteiger partial charge in [0.2, 0.25) is 5.91 Å². The number of nitrogens with zero attached hydrogens (tertiary/aromatic N) is 1. The van der Waals surface area contributed by atoms with Crippen LogP contribution in [0.3, 0.4) is 0 Å². The Morgan fingerprint density at radius 3 is 2.76 bits per heavy atom. The molecule has 1 atom stereocenters. The average molecular weight is 398 g/mol. The maximum atomic E-state index is 12.5. The van der Waals surface area contributed by atoms with Gasteiger partial charge in [0.25, 0.3) is 0 Å². The second-order valence-corrected chi connectivity index (χ2v) is 7.52. The average Bonchev–Trinajstić information content (AvgIpc) is 3.12. The van der Waals surface area contributed by atoms with E-state index in [2.05, 4.69) is 10.6 Å². The number of urea groups is 1. The molecule has 1 aliphatic rings. The Kier molecular flexibility index (Phi) is 5.83. The van der Waals surface area contributed by atoms with E-state index in [1.54, 1.807) is 23.1 Å². The number of thiophene rings is 1. The van der Waals surface area contributed by atoms with E-state index in [1.807, 2.05) is 17.5 Å². The van der Waals surface area contributed by atoms with Crippen LogP contribution >= 0.6 is 34.5 Å². The molecule has 25 heavy (non-hydrogen) atoms. The van der Waals surface area contributed by atoms with E-state index in [9.17, 15) is 9.59 Å². The summed E-state index contributed by atoms with van der Waals surface area (Å²) in [6.45, 7) is 1.01. The fourth-order valence-electron chi connectivity index (χ4n) is 2.74. The first kappa shape index (κ1) is 18.0. The highest BCUT2D eigenvalue weighted by Crippen LogP contribution is 2.30. The topological polar surface area (TPSA) is 61.4 Å². The lowest BCUT2D eigenvalue weighted by Gasteiger charge is -2.32. The summed E-state index contributed by atoms with van der Waals surface area (Å²) in [6.07, 6.45) is 1.51. The summed E-state index contributed by atoms with van der Waals surface area (Å²) < 4.78 is 0. The third-order valence-electron chi connectivity index (χ3n) is 4.04. The molecule has 0 bridgehead atoms. The minimum Gasteiger partial charge on any atom is -0.324 e. The predicted octanol–water partition coefficient (Wildman–Crippen LogP) is 4.94. The number of hydrogen-bond acceptors (Lipinski definition) is 3. The molecule has 1 aromatic carbocycles. The van der Waals surface area contributed by atoms with Crippen molar-refractivity contribution in [2.24, 2.45) is 5.92 Å². The number of benzene rings is 1. The van der Waals surface area contributed by atoms with E-state index in [-0.39, 0.29) is 17.9 Å². The molecule has 3 amide bonds. The van der Waals surface area contributed by atoms with Crippen LogP contribution in [0, 0.1) is 5.92 Å². The van der Waals surface area contributed by atoms with E-state index in [4.69, 9.17) is 23.2 Å². The molecule has 2 N–H and O–H groups in total. The fourth-order valence-corrected chi connectivity index (χ4v) is 3.70. The molecule has 1 aliphatic heterocycles. The Labute approximate surface area is 159 Å². The number of amides is 3. The standard InChI is InChI=1S/C17H17Cl2N3O2S/c18-12-5-1-6-13(15(12)19)20-16(23)11-4-2-8-22(10-11)17(24)21-14-7-3-9-25-14/h1,3,5-7,9,11H,2,4,8,10H2,(H,20,23)(H,21,24). The van der Waals surface area contributed by atoms with Crippen molar-refractivity contribution in [2.45, 2.75) is 12.8 Å². The molecular weight excluding hydrogens is 381 g/mol. The second kappa shape index (κ2) is 8.08. The van der Waals surface area contributed by atoms with Gasteiger partial charge in [-0.2, -0.15) is 0 Å². The normalized spacial score (nSPS) is 17.2. The number of nitrogens with one attached hydrogen (secondary N) is 2. The van der Waals surface area contributed by atoms with Crippen molar-refractivity contribution in [3.05, 3.63) is 45.8 Å². The van der Waals surface area contributed by atoms with Crippen LogP contribution in [0.15, 0.2) is 35.7 Å². The molecule has 2 aromatic rings. The Balaban J connectivity index is 1.61. The molecule has 0 spiro atoms. The van der Waals surface area contributed by atoms with Gasteiger partial charge in [0, 0.05) is 13.1 Å². The first-order valence-corrected chi connectivity index (χ1v) is 9.52. The van der Waals surface area contributed by atoms with Crippen LogP contribution in [0.4, 0.5) is 15.5 Å². The first-order valence-electron chi connectivity index (χ1n) is 7.89. The summed E-state index contributed by atoms with van der Waals surface area (Å²) in [6, 6.07) is 8.64. The first-order chi connectivity index (χ1) is 12.0. The van der Waals surface area contributed by atoms with E-state index in [0.717, 1.165) is 17.8 Å². The van der Waals surface area contributed by atoms with Crippen molar-refractivity contribution in [1.29, 1.82) is 0 Å². The van der Waals surface area contributed by atoms with Crippen molar-refractivity contribution in [1.82, 2.24) is 4.90 Å². The Hall–Kier alpha value is -1.76. The van der Waals surface area contributed by atoms with E-state index in [0.29, 0.717) is 28.8 Å². The third kappa shape index (κ3) is 4.45. The van der Waals surface area contributed by atoms with Crippen molar-refractivity contribution < 1.29 is 9.59 Å². The number of rotatable bonds is 3. The third-order valence-corrected chi connectivity index (χ3v) is 5.64. The largest absolute Gasteiger partial charge is 0.324 e. The van der Waals surface area contributed by atoms with E-state index < -0.39 is 0 Å². The molecule has 2 heterocycles. The van der Waals surface area contributed by atoms with Gasteiger partial charge in [-0.05, 0) is 42.5 Å². The van der Waals surface area contributed by atoms with Gasteiger partial charge >= 0.3 is 6.03 Å². The predicted molar refractivity (Wildman–Crippen MR) is 103 cm³/mol. The summed E-state index contributed by atoms with van der Waals surface area (Å²) in [5, 5.41) is 9.07. The molecule has 1 aromatic heterocycles. The van der Waals surface area contributed by atoms with Crippen LogP contribution in [-0.4, -0.2) is 29.9 Å². The van der Waals surface area contributed by atoms with Gasteiger partial charge in [-0.3, -0.25) is 10.1 Å². The van der Waals surface area contributed by atoms with Gasteiger partial charge in [0.15, 0.2) is 0 Å². The van der Waals surface area contributed by atoms with Crippen LogP contribution in [0.1, 0.15) is 12.8 Å². The molecular formula is C17H17Cl2N3O2S. The summed E-state index contributed by atoms with van der Waals surface area (Å²) in [7, 11) is 0. The second-order valence-electron chi connectivity index (χ2n) is 5.78. The lowest BCUT2D eigenvalue weighted by Crippen LogP contribution is -2.45. The molecule has 132 valence electrons. The molecule has 1 fully saturated rings. The molecule has 8 heteroatoms. The number of likely N-dealkylation sites (tertiary alicyclic amines) is 1. The van der Waals surface area contributed by atoms with Gasteiger partial charge in [0.05, 0.1) is 26.7 Å². The Bertz CT molecular complexity index is 767. The van der Waals surface area contributed by atoms with Crippen molar-refractivity contribution >= 4 is 57.2 Å². The Morgan fingerprint density at radius 2 is 2.00 bits per heavy atom. The van der Waals surface area contributed by atoms with E-state index >= 15 is 0 Å². The minimum atomic E-state index is -0.280. The highest BCUT2D eigenvalue weighted by Gasteiger charge is 2.29. The molecule has 0 saturated carbocycles. The van der Waals surface area contributed by atoms with Crippen LogP contribution in [0.5, 0.6) is 0 Å². The van der Waals surface area contributed by atoms with Crippen LogP contribution in [0.2, 0.25) is 10.0 Å². The van der Waals surface area contributed by atoms with Gasteiger partial charge in [-0.1, -0.05) is 29.3 Å². The number of halogens is 2. The molecule has 0 radical (unpaired) electrons. The summed E-state index contributed by atoms with van der Waals surface area (Å²) in [5.74, 6) is -0.435. The highest BCUT2D eigenvalue weighted by molar-refractivity contribution is 7.14. The van der Waals surface area contributed by atoms with Gasteiger partial charge in [-0.25, -0.2) is 4.79 Å². The molecule has 5 nitrogen and oxygen atoms in total. The fraction of sp³-hybridized carbons (Fsp3) is 0.294. The number of carbonyl (C=O) groups excluding carboxylic acids is 2. The SMILES string of the molecule is O=C(Nc1cccc(Cl)c1Cl)C1CCCN(C(=O)Nc2cccs2)C1. The van der Waals surface area contributed by atoms with Crippen LogP contribution in [-0.2, 0) is 4.79 Å². The maximum absolute atomic E-state index is 12.5. The zero-order valence-electron chi connectivity index (χ0n) is 13.3. The summed E-state index contributed by atoms with van der Waals surface area (Å²) in [4.78, 5) is 26.6. The molecule has 0 aliphatic carbocycles. The lowest BCUT2D eigenvalue weighted by atomic mass is 9.97. The van der Waals surface area contributed by atoms with Gasteiger partial charge < -0.3 is 10.2 Å². The zero-order chi connectivity index (χ0) is 17.8. The number of hydrogen-bond donors (Lipinski definition) is 2. The highest BCUT2D eigenvalue weighted by atomic mass is 35.5. The molecule has 3 rings (SSSR count). The quantitative estimate of drug-likeness (QED) is 0.770. The van der Waals surface area contributed by atoms with Crippen LogP contribution in [0.25, 0.3) is 0 Å². The van der Waals surface area contributed by atoms with Gasteiger partial charge in [-0.15, -0.1) is 11.3 Å². The monoisotopic (exact) mass is 397 g/mol. The lowest BCUT2D eigenvalue weighted by molar-refractivity contribution is -0.121. The Morgan fingerprint density at radius 1 is 1.16 bits per heavy atom. The minimum absolute atomic E-state index is 0.155. The molecule has 1 saturated heterocycles. The van der Waals surface area contributed by atoms with Crippen molar-refractivity contribution in [3.8, 4) is 0 Å². The van der Waals surface area contributed by atoms with E-state index in [1.165, 1.54) is 11.3 Å². The maximum Gasteiger partial charge on any atom is 0.322 e. The number of anilines is 2. The smallest absolute Gasteiger partial charge is 0.322 e. The molecule has 1 unspecified atom stereocenters. The van der Waals surface area contributed by atoms with Crippen LogP contribution < -0.4 is 10.6 Å². The zero-order valence-corrected chi connectivity index (χ0v) is 15.6. The number of carbonyl (C=O) groups is 2. The van der Waals surface area contributed by atoms with Crippen molar-refractivity contribution in [3.63, 3.8) is 0 Å². The van der Waals surface area contributed by atoms with Crippen molar-refractivity contribution in [2.75, 3.05) is 23.7 Å². The van der Waals surface area contributed by atoms with Gasteiger partial charge in [0.1, 0.15) is 0 Å².